The van der Waals surface area contributed by atoms with Gasteiger partial charge in [-0.3, -0.25) is 9.59 Å². The summed E-state index contributed by atoms with van der Waals surface area (Å²) in [6.07, 6.45) is 1.37. The van der Waals surface area contributed by atoms with Crippen molar-refractivity contribution in [2.45, 2.75) is 6.54 Å². The van der Waals surface area contributed by atoms with Gasteiger partial charge in [0, 0.05) is 12.7 Å². The van der Waals surface area contributed by atoms with Gasteiger partial charge in [-0.25, -0.2) is 13.8 Å². The second-order valence-corrected chi connectivity index (χ2v) is 4.62. The molecule has 112 valence electrons. The van der Waals surface area contributed by atoms with Crippen LogP contribution in [0.15, 0.2) is 35.3 Å². The normalized spacial score (nSPS) is 10.8. The summed E-state index contributed by atoms with van der Waals surface area (Å²) >= 11 is 0. The summed E-state index contributed by atoms with van der Waals surface area (Å²) in [6, 6.07) is 5.46. The Balaban J connectivity index is 1.82. The number of amides is 1. The van der Waals surface area contributed by atoms with Gasteiger partial charge in [0.15, 0.2) is 5.65 Å². The summed E-state index contributed by atoms with van der Waals surface area (Å²) in [5.41, 5.74) is 0.174. The van der Waals surface area contributed by atoms with E-state index < -0.39 is 17.3 Å². The van der Waals surface area contributed by atoms with E-state index in [2.05, 4.69) is 20.7 Å². The summed E-state index contributed by atoms with van der Waals surface area (Å²) in [4.78, 5) is 24.1. The maximum absolute atomic E-state index is 13.0. The number of nitrogens with one attached hydrogen (secondary N) is 1. The number of aromatic nitrogens is 5. The third-order valence-electron chi connectivity index (χ3n) is 3.02. The third-order valence-corrected chi connectivity index (χ3v) is 3.02. The molecule has 3 rings (SSSR count). The zero-order chi connectivity index (χ0) is 15.7. The van der Waals surface area contributed by atoms with Crippen molar-refractivity contribution in [3.05, 3.63) is 46.6 Å². The van der Waals surface area contributed by atoms with Crippen molar-refractivity contribution in [1.29, 1.82) is 0 Å². The molecule has 0 atom stereocenters. The van der Waals surface area contributed by atoms with E-state index in [9.17, 15) is 14.0 Å². The van der Waals surface area contributed by atoms with Crippen molar-refractivity contribution in [2.75, 3.05) is 5.32 Å². The number of hydrogen-bond acceptors (Lipinski definition) is 5. The quantitative estimate of drug-likeness (QED) is 0.751. The lowest BCUT2D eigenvalue weighted by Crippen LogP contribution is -2.30. The number of benzene rings is 1. The minimum absolute atomic E-state index is 0.274. The van der Waals surface area contributed by atoms with Crippen LogP contribution in [0.1, 0.15) is 0 Å². The highest BCUT2D eigenvalue weighted by atomic mass is 19.1. The second kappa shape index (κ2) is 5.35. The van der Waals surface area contributed by atoms with Gasteiger partial charge in [-0.2, -0.15) is 5.10 Å². The number of nitrogens with zero attached hydrogens (tertiary/aromatic N) is 5. The van der Waals surface area contributed by atoms with Crippen LogP contribution in [0.4, 0.5) is 10.1 Å². The summed E-state index contributed by atoms with van der Waals surface area (Å²) in [6.45, 7) is -0.326. The van der Waals surface area contributed by atoms with Crippen molar-refractivity contribution >= 4 is 22.6 Å². The summed E-state index contributed by atoms with van der Waals surface area (Å²) in [5.74, 6) is -0.975. The maximum Gasteiger partial charge on any atom is 0.281 e. The van der Waals surface area contributed by atoms with Crippen molar-refractivity contribution in [3.8, 4) is 0 Å². The van der Waals surface area contributed by atoms with Crippen LogP contribution < -0.4 is 10.9 Å². The highest BCUT2D eigenvalue weighted by molar-refractivity contribution is 5.90. The van der Waals surface area contributed by atoms with E-state index in [4.69, 9.17) is 0 Å². The minimum Gasteiger partial charge on any atom is -0.324 e. The molecule has 8 nitrogen and oxygen atoms in total. The van der Waals surface area contributed by atoms with Crippen molar-refractivity contribution in [2.24, 2.45) is 7.05 Å². The smallest absolute Gasteiger partial charge is 0.281 e. The Kier molecular flexibility index (Phi) is 3.37. The van der Waals surface area contributed by atoms with Crippen molar-refractivity contribution < 1.29 is 9.18 Å². The fourth-order valence-corrected chi connectivity index (χ4v) is 1.98. The zero-order valence-electron chi connectivity index (χ0n) is 11.5. The van der Waals surface area contributed by atoms with Gasteiger partial charge in [0.2, 0.25) is 5.91 Å². The van der Waals surface area contributed by atoms with Gasteiger partial charge in [0.05, 0.1) is 6.20 Å². The van der Waals surface area contributed by atoms with Crippen LogP contribution in [0.2, 0.25) is 0 Å². The van der Waals surface area contributed by atoms with Gasteiger partial charge in [-0.1, -0.05) is 11.3 Å². The predicted octanol–water partition coefficient (Wildman–Crippen LogP) is 0.303. The maximum atomic E-state index is 13.0. The van der Waals surface area contributed by atoms with Crippen LogP contribution in [-0.4, -0.2) is 30.7 Å². The SMILES string of the molecule is Cn1ncc2c(=O)n(CC(=O)Nc3cccc(F)c3)nnc21. The number of halogens is 1. The molecule has 9 heteroatoms. The third kappa shape index (κ3) is 2.55. The molecule has 0 saturated heterocycles. The van der Waals surface area contributed by atoms with Gasteiger partial charge in [0.25, 0.3) is 5.56 Å². The molecule has 2 heterocycles. The monoisotopic (exact) mass is 302 g/mol. The average Bonchev–Trinajstić information content (AvgIpc) is 2.84. The zero-order valence-corrected chi connectivity index (χ0v) is 11.5. The van der Waals surface area contributed by atoms with Gasteiger partial charge < -0.3 is 5.32 Å². The fraction of sp³-hybridized carbons (Fsp3) is 0.154. The molecule has 1 N–H and O–H groups in total. The summed E-state index contributed by atoms with van der Waals surface area (Å²) in [7, 11) is 1.64. The van der Waals surface area contributed by atoms with E-state index in [1.165, 1.54) is 29.1 Å². The van der Waals surface area contributed by atoms with Gasteiger partial charge in [-0.15, -0.1) is 5.10 Å². The van der Waals surface area contributed by atoms with Crippen LogP contribution in [-0.2, 0) is 18.4 Å². The first kappa shape index (κ1) is 13.9. The average molecular weight is 302 g/mol. The summed E-state index contributed by atoms with van der Waals surface area (Å²) < 4.78 is 15.4. The number of carbonyl (C=O) groups is 1. The van der Waals surface area contributed by atoms with Crippen molar-refractivity contribution in [1.82, 2.24) is 24.8 Å². The molecule has 1 aromatic carbocycles. The Morgan fingerprint density at radius 1 is 1.41 bits per heavy atom. The number of hydrogen-bond donors (Lipinski definition) is 1. The van der Waals surface area contributed by atoms with Crippen molar-refractivity contribution in [3.63, 3.8) is 0 Å². The number of rotatable bonds is 3. The van der Waals surface area contributed by atoms with E-state index in [0.717, 1.165) is 4.68 Å². The van der Waals surface area contributed by atoms with Crippen LogP contribution in [0.5, 0.6) is 0 Å². The van der Waals surface area contributed by atoms with E-state index in [0.29, 0.717) is 11.3 Å². The molecule has 0 aliphatic rings. The molecule has 0 spiro atoms. The first-order valence-corrected chi connectivity index (χ1v) is 6.35. The Morgan fingerprint density at radius 3 is 3.00 bits per heavy atom. The van der Waals surface area contributed by atoms with Gasteiger partial charge >= 0.3 is 0 Å². The van der Waals surface area contributed by atoms with E-state index >= 15 is 0 Å². The lowest BCUT2D eigenvalue weighted by Gasteiger charge is -2.06. The lowest BCUT2D eigenvalue weighted by atomic mass is 10.3. The molecule has 0 radical (unpaired) electrons. The molecule has 0 fully saturated rings. The number of fused-ring (bicyclic) bond motifs is 1. The number of aryl methyl sites for hydroxylation is 1. The Morgan fingerprint density at radius 2 is 2.23 bits per heavy atom. The highest BCUT2D eigenvalue weighted by Gasteiger charge is 2.12. The number of carbonyl (C=O) groups excluding carboxylic acids is 1. The number of anilines is 1. The Labute approximate surface area is 123 Å². The molecular weight excluding hydrogens is 291 g/mol. The second-order valence-electron chi connectivity index (χ2n) is 4.62. The molecule has 0 aliphatic carbocycles. The predicted molar refractivity (Wildman–Crippen MR) is 75.6 cm³/mol. The molecule has 0 saturated carbocycles. The standard InChI is InChI=1S/C13H11FN6O2/c1-19-12-10(6-15-19)13(22)20(18-17-12)7-11(21)16-9-4-2-3-8(14)5-9/h2-6H,7H2,1H3,(H,16,21). The molecule has 22 heavy (non-hydrogen) atoms. The fourth-order valence-electron chi connectivity index (χ4n) is 1.98. The first-order chi connectivity index (χ1) is 10.5. The molecule has 2 aromatic heterocycles. The van der Waals surface area contributed by atoms with Crippen LogP contribution >= 0.6 is 0 Å². The lowest BCUT2D eigenvalue weighted by molar-refractivity contribution is -0.117. The Hall–Kier alpha value is -3.10. The van der Waals surface area contributed by atoms with Crippen LogP contribution in [0.25, 0.3) is 11.0 Å². The van der Waals surface area contributed by atoms with Gasteiger partial charge in [-0.05, 0) is 18.2 Å². The van der Waals surface area contributed by atoms with E-state index in [-0.39, 0.29) is 11.9 Å². The van der Waals surface area contributed by atoms with Crippen LogP contribution in [0, 0.1) is 5.82 Å². The molecule has 0 bridgehead atoms. The van der Waals surface area contributed by atoms with E-state index in [1.54, 1.807) is 13.1 Å². The largest absolute Gasteiger partial charge is 0.324 e. The minimum atomic E-state index is -0.509. The highest BCUT2D eigenvalue weighted by Crippen LogP contribution is 2.09. The topological polar surface area (TPSA) is 94.7 Å². The molecule has 0 unspecified atom stereocenters. The summed E-state index contributed by atoms with van der Waals surface area (Å²) in [5, 5.41) is 14.2. The first-order valence-electron chi connectivity index (χ1n) is 6.35. The molecular formula is C13H11FN6O2. The van der Waals surface area contributed by atoms with Crippen LogP contribution in [0.3, 0.4) is 0 Å². The molecule has 1 amide bonds. The van der Waals surface area contributed by atoms with E-state index in [1.807, 2.05) is 0 Å². The Bertz CT molecular complexity index is 916. The van der Waals surface area contributed by atoms with Gasteiger partial charge in [0.1, 0.15) is 17.7 Å². The molecule has 3 aromatic rings. The molecule has 0 aliphatic heterocycles.